The van der Waals surface area contributed by atoms with Crippen molar-refractivity contribution in [3.63, 3.8) is 0 Å². The van der Waals surface area contributed by atoms with Crippen LogP contribution >= 0.6 is 27.7 Å². The van der Waals surface area contributed by atoms with Gasteiger partial charge in [-0.1, -0.05) is 56.1 Å². The number of rotatable bonds is 5. The summed E-state index contributed by atoms with van der Waals surface area (Å²) in [5.74, 6) is 0. The molecule has 0 fully saturated rings. The van der Waals surface area contributed by atoms with Crippen LogP contribution in [0.1, 0.15) is 32.6 Å². The van der Waals surface area contributed by atoms with E-state index in [9.17, 15) is 0 Å². The Morgan fingerprint density at radius 1 is 0.952 bits per heavy atom. The molecule has 3 rings (SSSR count). The van der Waals surface area contributed by atoms with Crippen LogP contribution in [0.5, 0.6) is 0 Å². The van der Waals surface area contributed by atoms with E-state index in [2.05, 4.69) is 70.2 Å². The summed E-state index contributed by atoms with van der Waals surface area (Å²) in [5, 5.41) is 0. The average Bonchev–Trinajstić information content (AvgIpc) is 2.51. The second kappa shape index (κ2) is 6.89. The molecular weight excluding hydrogens is 342 g/mol. The zero-order valence-corrected chi connectivity index (χ0v) is 14.7. The summed E-state index contributed by atoms with van der Waals surface area (Å²) in [5.41, 5.74) is 2.68. The fourth-order valence-corrected chi connectivity index (χ4v) is 4.62. The summed E-state index contributed by atoms with van der Waals surface area (Å²) >= 11 is 5.61. The lowest BCUT2D eigenvalue weighted by atomic mass is 10.1. The number of benzene rings is 2. The third kappa shape index (κ3) is 3.14. The maximum absolute atomic E-state index is 3.74. The number of fused-ring (bicyclic) bond motifs is 2. The monoisotopic (exact) mass is 361 g/mol. The second-order valence-corrected chi connectivity index (χ2v) is 7.31. The van der Waals surface area contributed by atoms with Gasteiger partial charge in [0.2, 0.25) is 0 Å². The summed E-state index contributed by atoms with van der Waals surface area (Å²) in [7, 11) is 0. The van der Waals surface area contributed by atoms with E-state index in [1.165, 1.54) is 51.3 Å². The highest BCUT2D eigenvalue weighted by molar-refractivity contribution is 9.10. The van der Waals surface area contributed by atoms with Crippen LogP contribution in [0.4, 0.5) is 11.4 Å². The van der Waals surface area contributed by atoms with Gasteiger partial charge < -0.3 is 4.90 Å². The summed E-state index contributed by atoms with van der Waals surface area (Å²) in [4.78, 5) is 5.19. The number of hydrogen-bond donors (Lipinski definition) is 0. The first-order valence-electron chi connectivity index (χ1n) is 7.64. The van der Waals surface area contributed by atoms with Crippen molar-refractivity contribution in [1.29, 1.82) is 0 Å². The van der Waals surface area contributed by atoms with Crippen molar-refractivity contribution in [2.45, 2.75) is 42.4 Å². The van der Waals surface area contributed by atoms with E-state index in [1.54, 1.807) is 0 Å². The smallest absolute Gasteiger partial charge is 0.0697 e. The van der Waals surface area contributed by atoms with Crippen LogP contribution in [-0.2, 0) is 0 Å². The Balaban J connectivity index is 1.93. The van der Waals surface area contributed by atoms with Gasteiger partial charge in [-0.15, -0.1) is 0 Å². The van der Waals surface area contributed by atoms with Gasteiger partial charge in [-0.05, 0) is 46.6 Å². The van der Waals surface area contributed by atoms with Gasteiger partial charge in [0, 0.05) is 20.8 Å². The predicted molar refractivity (Wildman–Crippen MR) is 95.9 cm³/mol. The first-order valence-corrected chi connectivity index (χ1v) is 9.25. The molecule has 2 aromatic rings. The average molecular weight is 362 g/mol. The lowest BCUT2D eigenvalue weighted by molar-refractivity contribution is 0.665. The molecular formula is C18H20BrNS. The summed E-state index contributed by atoms with van der Waals surface area (Å²) in [6.45, 7) is 3.35. The molecule has 0 saturated heterocycles. The molecule has 1 nitrogen and oxygen atoms in total. The zero-order valence-electron chi connectivity index (χ0n) is 12.3. The van der Waals surface area contributed by atoms with Gasteiger partial charge in [0.25, 0.3) is 0 Å². The van der Waals surface area contributed by atoms with Crippen LogP contribution in [0.15, 0.2) is 56.7 Å². The molecule has 110 valence electrons. The van der Waals surface area contributed by atoms with Gasteiger partial charge in [0.15, 0.2) is 0 Å². The van der Waals surface area contributed by atoms with E-state index < -0.39 is 0 Å². The SMILES string of the molecule is CCCCCCN1c2ccccc2Sc2cccc(Br)c21. The minimum Gasteiger partial charge on any atom is -0.339 e. The maximum atomic E-state index is 3.74. The lowest BCUT2D eigenvalue weighted by Crippen LogP contribution is -2.22. The standard InChI is InChI=1S/C18H20BrNS/c1-2-3-4-7-13-20-15-10-5-6-11-16(15)21-17-12-8-9-14(19)18(17)20/h5-6,8-12H,2-4,7,13H2,1H3. The minimum atomic E-state index is 1.09. The summed E-state index contributed by atoms with van der Waals surface area (Å²) < 4.78 is 1.19. The highest BCUT2D eigenvalue weighted by atomic mass is 79.9. The van der Waals surface area contributed by atoms with E-state index in [4.69, 9.17) is 0 Å². The minimum absolute atomic E-state index is 1.09. The fourth-order valence-electron chi connectivity index (χ4n) is 2.77. The summed E-state index contributed by atoms with van der Waals surface area (Å²) in [6.07, 6.45) is 5.16. The Hall–Kier alpha value is -0.930. The number of halogens is 1. The molecule has 1 heterocycles. The van der Waals surface area contributed by atoms with Crippen LogP contribution in [0.2, 0.25) is 0 Å². The molecule has 0 radical (unpaired) electrons. The second-order valence-electron chi connectivity index (χ2n) is 5.37. The van der Waals surface area contributed by atoms with Crippen molar-refractivity contribution in [2.75, 3.05) is 11.4 Å². The zero-order chi connectivity index (χ0) is 14.7. The highest BCUT2D eigenvalue weighted by Crippen LogP contribution is 2.50. The molecule has 0 bridgehead atoms. The van der Waals surface area contributed by atoms with Crippen molar-refractivity contribution >= 4 is 39.1 Å². The van der Waals surface area contributed by atoms with Crippen LogP contribution in [0.25, 0.3) is 0 Å². The van der Waals surface area contributed by atoms with Crippen LogP contribution in [0, 0.1) is 0 Å². The quantitative estimate of drug-likeness (QED) is 0.549. The number of nitrogens with zero attached hydrogens (tertiary/aromatic N) is 1. The molecule has 0 saturated carbocycles. The fraction of sp³-hybridized carbons (Fsp3) is 0.333. The van der Waals surface area contributed by atoms with Crippen LogP contribution in [-0.4, -0.2) is 6.54 Å². The third-order valence-corrected chi connectivity index (χ3v) is 5.59. The first kappa shape index (κ1) is 15.0. The van der Waals surface area contributed by atoms with Gasteiger partial charge in [0.1, 0.15) is 0 Å². The topological polar surface area (TPSA) is 3.24 Å². The Morgan fingerprint density at radius 3 is 2.62 bits per heavy atom. The Kier molecular flexibility index (Phi) is 4.91. The van der Waals surface area contributed by atoms with Gasteiger partial charge >= 0.3 is 0 Å². The van der Waals surface area contributed by atoms with E-state index in [0.29, 0.717) is 0 Å². The first-order chi connectivity index (χ1) is 10.3. The molecule has 1 aliphatic rings. The molecule has 0 amide bonds. The van der Waals surface area contributed by atoms with Crippen molar-refractivity contribution in [1.82, 2.24) is 0 Å². The van der Waals surface area contributed by atoms with Gasteiger partial charge in [-0.3, -0.25) is 0 Å². The number of anilines is 2. The van der Waals surface area contributed by atoms with Gasteiger partial charge in [-0.2, -0.15) is 0 Å². The molecule has 0 N–H and O–H groups in total. The van der Waals surface area contributed by atoms with E-state index >= 15 is 0 Å². The largest absolute Gasteiger partial charge is 0.339 e. The molecule has 2 aromatic carbocycles. The van der Waals surface area contributed by atoms with Crippen molar-refractivity contribution in [3.8, 4) is 0 Å². The third-order valence-electron chi connectivity index (χ3n) is 3.83. The van der Waals surface area contributed by atoms with Crippen LogP contribution in [0.3, 0.4) is 0 Å². The van der Waals surface area contributed by atoms with Crippen molar-refractivity contribution in [3.05, 3.63) is 46.9 Å². The molecule has 21 heavy (non-hydrogen) atoms. The van der Waals surface area contributed by atoms with Crippen molar-refractivity contribution in [2.24, 2.45) is 0 Å². The van der Waals surface area contributed by atoms with E-state index in [1.807, 2.05) is 11.8 Å². The lowest BCUT2D eigenvalue weighted by Gasteiger charge is -2.33. The number of hydrogen-bond acceptors (Lipinski definition) is 2. The van der Waals surface area contributed by atoms with Gasteiger partial charge in [0.05, 0.1) is 11.4 Å². The Morgan fingerprint density at radius 2 is 1.76 bits per heavy atom. The molecule has 0 atom stereocenters. The Bertz CT molecular complexity index is 626. The molecule has 0 aliphatic carbocycles. The number of unbranched alkanes of at least 4 members (excludes halogenated alkanes) is 3. The van der Waals surface area contributed by atoms with E-state index in [-0.39, 0.29) is 0 Å². The van der Waals surface area contributed by atoms with E-state index in [0.717, 1.165) is 6.54 Å². The molecule has 3 heteroatoms. The molecule has 0 aromatic heterocycles. The Labute approximate surface area is 139 Å². The maximum Gasteiger partial charge on any atom is 0.0697 e. The predicted octanol–water partition coefficient (Wildman–Crippen LogP) is 6.63. The highest BCUT2D eigenvalue weighted by Gasteiger charge is 2.24. The normalized spacial score (nSPS) is 13.0. The molecule has 1 aliphatic heterocycles. The van der Waals surface area contributed by atoms with Gasteiger partial charge in [-0.25, -0.2) is 0 Å². The molecule has 0 unspecified atom stereocenters. The molecule has 0 spiro atoms. The van der Waals surface area contributed by atoms with Crippen molar-refractivity contribution < 1.29 is 0 Å². The number of para-hydroxylation sites is 2. The summed E-state index contributed by atoms with van der Waals surface area (Å²) in [6, 6.07) is 15.2. The van der Waals surface area contributed by atoms with Crippen LogP contribution < -0.4 is 4.90 Å².